The Kier molecular flexibility index (Phi) is 3.48. The van der Waals surface area contributed by atoms with Gasteiger partial charge in [-0.1, -0.05) is 13.3 Å². The van der Waals surface area contributed by atoms with Gasteiger partial charge in [0.15, 0.2) is 11.5 Å². The summed E-state index contributed by atoms with van der Waals surface area (Å²) in [5, 5.41) is 6.65. The highest BCUT2D eigenvalue weighted by Gasteiger charge is 2.18. The van der Waals surface area contributed by atoms with Crippen LogP contribution in [0.5, 0.6) is 0 Å². The van der Waals surface area contributed by atoms with E-state index in [1.807, 2.05) is 0 Å². The van der Waals surface area contributed by atoms with Crippen molar-refractivity contribution in [3.05, 3.63) is 6.33 Å². The minimum Gasteiger partial charge on any atom is -0.368 e. The number of H-pyrrole nitrogens is 1. The topological polar surface area (TPSA) is 78.5 Å². The Hall–Kier alpha value is -1.85. The van der Waals surface area contributed by atoms with Gasteiger partial charge >= 0.3 is 0 Å². The molecule has 19 heavy (non-hydrogen) atoms. The highest BCUT2D eigenvalue weighted by molar-refractivity contribution is 5.83. The minimum absolute atomic E-state index is 0.651. The fraction of sp³-hybridized carbons (Fsp3) is 0.615. The van der Waals surface area contributed by atoms with Crippen molar-refractivity contribution in [2.45, 2.75) is 32.6 Å². The Labute approximate surface area is 112 Å². The maximum Gasteiger partial charge on any atom is 0.226 e. The number of nitrogens with zero attached hydrogens (tertiary/aromatic N) is 3. The van der Waals surface area contributed by atoms with E-state index in [1.54, 1.807) is 6.33 Å². The summed E-state index contributed by atoms with van der Waals surface area (Å²) < 4.78 is 0. The molecule has 1 fully saturated rings. The van der Waals surface area contributed by atoms with E-state index < -0.39 is 0 Å². The molecule has 0 spiro atoms. The van der Waals surface area contributed by atoms with Crippen molar-refractivity contribution in [1.29, 1.82) is 0 Å². The van der Waals surface area contributed by atoms with E-state index in [0.717, 1.165) is 36.8 Å². The minimum atomic E-state index is 0.651. The second-order valence-electron chi connectivity index (χ2n) is 5.10. The Bertz CT molecular complexity index is 545. The van der Waals surface area contributed by atoms with Crippen molar-refractivity contribution in [2.24, 2.45) is 5.92 Å². The monoisotopic (exact) mass is 260 g/mol. The van der Waals surface area contributed by atoms with Crippen LogP contribution in [0, 0.1) is 5.92 Å². The molecule has 1 saturated carbocycles. The number of fused-ring (bicyclic) bond motifs is 1. The van der Waals surface area contributed by atoms with Gasteiger partial charge in [0.2, 0.25) is 5.95 Å². The van der Waals surface area contributed by atoms with Gasteiger partial charge < -0.3 is 15.6 Å². The van der Waals surface area contributed by atoms with Crippen molar-refractivity contribution in [3.63, 3.8) is 0 Å². The van der Waals surface area contributed by atoms with Crippen molar-refractivity contribution < 1.29 is 0 Å². The Morgan fingerprint density at radius 3 is 2.95 bits per heavy atom. The van der Waals surface area contributed by atoms with E-state index in [4.69, 9.17) is 0 Å². The van der Waals surface area contributed by atoms with Gasteiger partial charge in [-0.05, 0) is 25.2 Å². The normalized spacial score (nSPS) is 15.4. The summed E-state index contributed by atoms with van der Waals surface area (Å²) in [4.78, 5) is 16.3. The summed E-state index contributed by atoms with van der Waals surface area (Å²) in [6.07, 6.45) is 6.72. The summed E-state index contributed by atoms with van der Waals surface area (Å²) in [7, 11) is 0. The lowest BCUT2D eigenvalue weighted by molar-refractivity contribution is 0.333. The average molecular weight is 260 g/mol. The second kappa shape index (κ2) is 5.42. The Morgan fingerprint density at radius 2 is 2.21 bits per heavy atom. The van der Waals surface area contributed by atoms with Gasteiger partial charge in [0.05, 0.1) is 6.33 Å². The van der Waals surface area contributed by atoms with E-state index in [-0.39, 0.29) is 0 Å². The summed E-state index contributed by atoms with van der Waals surface area (Å²) in [5.74, 6) is 2.30. The fourth-order valence-corrected chi connectivity index (χ4v) is 2.21. The Balaban J connectivity index is 1.79. The predicted octanol–water partition coefficient (Wildman–Crippen LogP) is 2.39. The van der Waals surface area contributed by atoms with Crippen molar-refractivity contribution in [3.8, 4) is 0 Å². The van der Waals surface area contributed by atoms with Crippen molar-refractivity contribution in [1.82, 2.24) is 19.9 Å². The third-order valence-corrected chi connectivity index (χ3v) is 3.60. The maximum atomic E-state index is 4.54. The molecule has 2 heterocycles. The number of hydrogen-bond acceptors (Lipinski definition) is 5. The standard InChI is InChI=1S/C13H20N6/c1-2-6-14-13-18-11(15-7-9-4-3-5-9)10-12(19-13)17-8-16-10/h8-9H,2-7H2,1H3,(H3,14,15,16,17,18,19). The highest BCUT2D eigenvalue weighted by Crippen LogP contribution is 2.27. The van der Waals surface area contributed by atoms with Crippen LogP contribution in [0.15, 0.2) is 6.33 Å². The molecule has 6 nitrogen and oxygen atoms in total. The predicted molar refractivity (Wildman–Crippen MR) is 76.3 cm³/mol. The molecule has 6 heteroatoms. The number of nitrogens with one attached hydrogen (secondary N) is 3. The van der Waals surface area contributed by atoms with Crippen LogP contribution in [0.1, 0.15) is 32.6 Å². The number of hydrogen-bond donors (Lipinski definition) is 3. The highest BCUT2D eigenvalue weighted by atomic mass is 15.2. The molecule has 0 radical (unpaired) electrons. The molecular weight excluding hydrogens is 240 g/mol. The zero-order valence-corrected chi connectivity index (χ0v) is 11.2. The van der Waals surface area contributed by atoms with Crippen LogP contribution in [-0.4, -0.2) is 33.0 Å². The third-order valence-electron chi connectivity index (χ3n) is 3.60. The molecule has 0 aliphatic heterocycles. The van der Waals surface area contributed by atoms with Gasteiger partial charge in [-0.3, -0.25) is 0 Å². The lowest BCUT2D eigenvalue weighted by Crippen LogP contribution is -2.21. The molecule has 3 rings (SSSR count). The van der Waals surface area contributed by atoms with Crippen LogP contribution in [0.4, 0.5) is 11.8 Å². The molecule has 2 aromatic heterocycles. The van der Waals surface area contributed by atoms with Gasteiger partial charge in [0, 0.05) is 13.1 Å². The second-order valence-corrected chi connectivity index (χ2v) is 5.10. The third kappa shape index (κ3) is 2.62. The first-order valence-electron chi connectivity index (χ1n) is 7.05. The maximum absolute atomic E-state index is 4.54. The van der Waals surface area contributed by atoms with Crippen LogP contribution < -0.4 is 10.6 Å². The SMILES string of the molecule is CCCNc1nc(NCC2CCC2)c2[nH]cnc2n1. The first kappa shape index (κ1) is 12.2. The molecule has 0 saturated heterocycles. The molecule has 0 bridgehead atoms. The number of aromatic amines is 1. The molecule has 3 N–H and O–H groups in total. The number of rotatable bonds is 6. The van der Waals surface area contributed by atoms with Crippen molar-refractivity contribution >= 4 is 22.9 Å². The lowest BCUT2D eigenvalue weighted by Gasteiger charge is -2.25. The zero-order chi connectivity index (χ0) is 13.1. The Morgan fingerprint density at radius 1 is 1.32 bits per heavy atom. The van der Waals surface area contributed by atoms with E-state index >= 15 is 0 Å². The van der Waals surface area contributed by atoms with Crippen LogP contribution in [-0.2, 0) is 0 Å². The molecule has 0 atom stereocenters. The number of anilines is 2. The van der Waals surface area contributed by atoms with E-state index in [9.17, 15) is 0 Å². The summed E-state index contributed by atoms with van der Waals surface area (Å²) in [5.41, 5.74) is 1.60. The van der Waals surface area contributed by atoms with Gasteiger partial charge in [-0.25, -0.2) is 4.98 Å². The first-order valence-corrected chi connectivity index (χ1v) is 7.05. The van der Waals surface area contributed by atoms with Crippen LogP contribution in [0.3, 0.4) is 0 Å². The summed E-state index contributed by atoms with van der Waals surface area (Å²) in [6, 6.07) is 0. The van der Waals surface area contributed by atoms with E-state index in [0.29, 0.717) is 11.6 Å². The fourth-order valence-electron chi connectivity index (χ4n) is 2.21. The smallest absolute Gasteiger partial charge is 0.226 e. The quantitative estimate of drug-likeness (QED) is 0.743. The molecular formula is C13H20N6. The molecule has 2 aromatic rings. The largest absolute Gasteiger partial charge is 0.368 e. The molecule has 0 unspecified atom stereocenters. The molecule has 1 aliphatic carbocycles. The average Bonchev–Trinajstić information content (AvgIpc) is 2.82. The summed E-state index contributed by atoms with van der Waals surface area (Å²) in [6.45, 7) is 3.98. The van der Waals surface area contributed by atoms with E-state index in [2.05, 4.69) is 37.5 Å². The van der Waals surface area contributed by atoms with Crippen LogP contribution in [0.25, 0.3) is 11.2 Å². The van der Waals surface area contributed by atoms with Gasteiger partial charge in [0.1, 0.15) is 5.52 Å². The molecule has 0 aromatic carbocycles. The van der Waals surface area contributed by atoms with E-state index in [1.165, 1.54) is 19.3 Å². The lowest BCUT2D eigenvalue weighted by atomic mass is 9.85. The summed E-state index contributed by atoms with van der Waals surface area (Å²) >= 11 is 0. The van der Waals surface area contributed by atoms with Gasteiger partial charge in [-0.15, -0.1) is 0 Å². The zero-order valence-electron chi connectivity index (χ0n) is 11.2. The number of aromatic nitrogens is 4. The molecule has 0 amide bonds. The van der Waals surface area contributed by atoms with Crippen LogP contribution in [0.2, 0.25) is 0 Å². The molecule has 1 aliphatic rings. The van der Waals surface area contributed by atoms with Crippen LogP contribution >= 0.6 is 0 Å². The first-order chi connectivity index (χ1) is 9.36. The number of imidazole rings is 1. The molecule has 102 valence electrons. The van der Waals surface area contributed by atoms with Gasteiger partial charge in [-0.2, -0.15) is 9.97 Å². The van der Waals surface area contributed by atoms with Crippen molar-refractivity contribution in [2.75, 3.05) is 23.7 Å². The van der Waals surface area contributed by atoms with Gasteiger partial charge in [0.25, 0.3) is 0 Å².